The molecule has 6 heteroatoms. The molecule has 2 aliphatic heterocycles. The van der Waals surface area contributed by atoms with E-state index in [4.69, 9.17) is 0 Å². The Hall–Kier alpha value is -0.620. The van der Waals surface area contributed by atoms with Crippen molar-refractivity contribution in [3.05, 3.63) is 12.2 Å². The first-order chi connectivity index (χ1) is 7.77. The van der Waals surface area contributed by atoms with Crippen LogP contribution < -0.4 is 0 Å². The first-order valence-electron chi connectivity index (χ1n) is 5.19. The summed E-state index contributed by atoms with van der Waals surface area (Å²) in [5.74, 6) is 3.39. The molecule has 2 aliphatic rings. The van der Waals surface area contributed by atoms with Gasteiger partial charge in [-0.25, -0.2) is 0 Å². The van der Waals surface area contributed by atoms with Crippen LogP contribution in [0, 0.1) is 0 Å². The molecule has 2 saturated heterocycles. The van der Waals surface area contributed by atoms with E-state index in [1.54, 1.807) is 33.3 Å². The summed E-state index contributed by atoms with van der Waals surface area (Å²) in [5, 5.41) is 0. The number of hydrogen-bond acceptors (Lipinski definition) is 4. The van der Waals surface area contributed by atoms with Crippen molar-refractivity contribution in [1.82, 2.24) is 9.80 Å². The average molecular weight is 258 g/mol. The molecule has 2 amide bonds. The van der Waals surface area contributed by atoms with E-state index in [0.717, 1.165) is 36.3 Å². The Morgan fingerprint density at radius 1 is 0.875 bits per heavy atom. The van der Waals surface area contributed by atoms with Crippen molar-refractivity contribution in [3.63, 3.8) is 0 Å². The minimum atomic E-state index is -0.0507. The Kier molecular flexibility index (Phi) is 4.17. The minimum absolute atomic E-state index is 0.0507. The van der Waals surface area contributed by atoms with Crippen LogP contribution in [0.3, 0.4) is 0 Å². The van der Waals surface area contributed by atoms with Crippen molar-refractivity contribution in [2.75, 3.05) is 36.3 Å². The quantitative estimate of drug-likeness (QED) is 0.680. The van der Waals surface area contributed by atoms with E-state index < -0.39 is 0 Å². The van der Waals surface area contributed by atoms with Gasteiger partial charge in [-0.3, -0.25) is 9.59 Å². The number of nitrogens with zero attached hydrogens (tertiary/aromatic N) is 2. The predicted molar refractivity (Wildman–Crippen MR) is 67.2 cm³/mol. The number of rotatable bonds is 2. The number of carbonyl (C=O) groups excluding carboxylic acids is 2. The normalized spacial score (nSPS) is 21.0. The molecule has 2 fully saturated rings. The van der Waals surface area contributed by atoms with Gasteiger partial charge in [-0.1, -0.05) is 0 Å². The summed E-state index contributed by atoms with van der Waals surface area (Å²) in [4.78, 5) is 26.7. The van der Waals surface area contributed by atoms with Gasteiger partial charge in [-0.2, -0.15) is 0 Å². The second-order valence-electron chi connectivity index (χ2n) is 3.61. The van der Waals surface area contributed by atoms with Crippen LogP contribution in [0.15, 0.2) is 12.2 Å². The van der Waals surface area contributed by atoms with Crippen LogP contribution >= 0.6 is 23.5 Å². The van der Waals surface area contributed by atoms with Crippen LogP contribution in [0.1, 0.15) is 0 Å². The second kappa shape index (κ2) is 5.63. The topological polar surface area (TPSA) is 40.6 Å². The minimum Gasteiger partial charge on any atom is -0.329 e. The molecule has 0 N–H and O–H groups in total. The standard InChI is InChI=1S/C10H14N2O2S2/c13-9(11-3-5-15-7-11)1-2-10(14)12-4-6-16-8-12/h1-2H,3-8H2/b2-1+. The van der Waals surface area contributed by atoms with Crippen molar-refractivity contribution in [2.24, 2.45) is 0 Å². The van der Waals surface area contributed by atoms with E-state index in [-0.39, 0.29) is 11.8 Å². The van der Waals surface area contributed by atoms with E-state index in [1.807, 2.05) is 0 Å². The maximum absolute atomic E-state index is 11.6. The largest absolute Gasteiger partial charge is 0.329 e. The predicted octanol–water partition coefficient (Wildman–Crippen LogP) is 0.608. The van der Waals surface area contributed by atoms with Crippen molar-refractivity contribution >= 4 is 35.3 Å². The molecule has 0 spiro atoms. The zero-order chi connectivity index (χ0) is 11.4. The molecule has 0 aliphatic carbocycles. The first-order valence-corrected chi connectivity index (χ1v) is 7.50. The van der Waals surface area contributed by atoms with Crippen molar-refractivity contribution in [2.45, 2.75) is 0 Å². The summed E-state index contributed by atoms with van der Waals surface area (Å²) >= 11 is 3.49. The van der Waals surface area contributed by atoms with Gasteiger partial charge in [0.15, 0.2) is 0 Å². The fraction of sp³-hybridized carbons (Fsp3) is 0.600. The fourth-order valence-corrected chi connectivity index (χ4v) is 3.44. The number of amides is 2. The SMILES string of the molecule is O=C(/C=C/C(=O)N1CCSC1)N1CCSC1. The highest BCUT2D eigenvalue weighted by atomic mass is 32.2. The Bertz CT molecular complexity index is 278. The van der Waals surface area contributed by atoms with Gasteiger partial charge in [0.25, 0.3) is 0 Å². The molecule has 0 aromatic carbocycles. The van der Waals surface area contributed by atoms with Gasteiger partial charge in [0.2, 0.25) is 11.8 Å². The van der Waals surface area contributed by atoms with E-state index in [0.29, 0.717) is 0 Å². The van der Waals surface area contributed by atoms with E-state index in [1.165, 1.54) is 12.2 Å². The lowest BCUT2D eigenvalue weighted by Gasteiger charge is -2.12. The Balaban J connectivity index is 1.82. The lowest BCUT2D eigenvalue weighted by molar-refractivity contribution is -0.127. The maximum atomic E-state index is 11.6. The van der Waals surface area contributed by atoms with Gasteiger partial charge in [-0.05, 0) is 0 Å². The lowest BCUT2D eigenvalue weighted by Crippen LogP contribution is -2.28. The molecule has 0 unspecified atom stereocenters. The van der Waals surface area contributed by atoms with Crippen LogP contribution in [0.25, 0.3) is 0 Å². The summed E-state index contributed by atoms with van der Waals surface area (Å²) in [5.41, 5.74) is 0. The molecule has 4 nitrogen and oxygen atoms in total. The third-order valence-corrected chi connectivity index (χ3v) is 4.43. The molecule has 0 aromatic rings. The lowest BCUT2D eigenvalue weighted by atomic mass is 10.4. The third-order valence-electron chi connectivity index (χ3n) is 2.50. The number of thioether (sulfide) groups is 2. The van der Waals surface area contributed by atoms with E-state index >= 15 is 0 Å². The highest BCUT2D eigenvalue weighted by Crippen LogP contribution is 2.15. The molecule has 0 bridgehead atoms. The smallest absolute Gasteiger partial charge is 0.247 e. The Labute approximate surface area is 103 Å². The highest BCUT2D eigenvalue weighted by molar-refractivity contribution is 7.99. The summed E-state index contributed by atoms with van der Waals surface area (Å²) < 4.78 is 0. The zero-order valence-electron chi connectivity index (χ0n) is 8.92. The fourth-order valence-electron chi connectivity index (χ4n) is 1.53. The molecular formula is C10H14N2O2S2. The number of carbonyl (C=O) groups is 2. The van der Waals surface area contributed by atoms with Gasteiger partial charge in [0, 0.05) is 36.7 Å². The Morgan fingerprint density at radius 2 is 1.31 bits per heavy atom. The number of hydrogen-bond donors (Lipinski definition) is 0. The van der Waals surface area contributed by atoms with E-state index in [2.05, 4.69) is 0 Å². The van der Waals surface area contributed by atoms with Gasteiger partial charge >= 0.3 is 0 Å². The summed E-state index contributed by atoms with van der Waals surface area (Å²) in [7, 11) is 0. The third kappa shape index (κ3) is 2.95. The van der Waals surface area contributed by atoms with E-state index in [9.17, 15) is 9.59 Å². The van der Waals surface area contributed by atoms with Crippen molar-refractivity contribution in [1.29, 1.82) is 0 Å². The average Bonchev–Trinajstić information content (AvgIpc) is 2.95. The first kappa shape index (κ1) is 11.9. The van der Waals surface area contributed by atoms with Crippen molar-refractivity contribution in [3.8, 4) is 0 Å². The second-order valence-corrected chi connectivity index (χ2v) is 5.76. The molecule has 88 valence electrons. The van der Waals surface area contributed by atoms with Crippen LogP contribution in [0.2, 0.25) is 0 Å². The van der Waals surface area contributed by atoms with Gasteiger partial charge < -0.3 is 9.80 Å². The zero-order valence-corrected chi connectivity index (χ0v) is 10.6. The molecule has 0 atom stereocenters. The van der Waals surface area contributed by atoms with Crippen LogP contribution in [0.5, 0.6) is 0 Å². The highest BCUT2D eigenvalue weighted by Gasteiger charge is 2.18. The van der Waals surface area contributed by atoms with Gasteiger partial charge in [-0.15, -0.1) is 23.5 Å². The molecule has 2 heterocycles. The summed E-state index contributed by atoms with van der Waals surface area (Å²) in [6, 6.07) is 0. The van der Waals surface area contributed by atoms with Crippen molar-refractivity contribution < 1.29 is 9.59 Å². The molecule has 2 rings (SSSR count). The van der Waals surface area contributed by atoms with Gasteiger partial charge in [0.05, 0.1) is 11.8 Å². The molecule has 0 radical (unpaired) electrons. The van der Waals surface area contributed by atoms with Crippen LogP contribution in [-0.4, -0.2) is 58.0 Å². The van der Waals surface area contributed by atoms with Crippen LogP contribution in [0.4, 0.5) is 0 Å². The monoisotopic (exact) mass is 258 g/mol. The van der Waals surface area contributed by atoms with Gasteiger partial charge in [0.1, 0.15) is 0 Å². The summed E-state index contributed by atoms with van der Waals surface area (Å²) in [6.07, 6.45) is 2.80. The molecular weight excluding hydrogens is 244 g/mol. The Morgan fingerprint density at radius 3 is 1.62 bits per heavy atom. The maximum Gasteiger partial charge on any atom is 0.247 e. The summed E-state index contributed by atoms with van der Waals surface area (Å²) in [6.45, 7) is 1.59. The van der Waals surface area contributed by atoms with Crippen LogP contribution in [-0.2, 0) is 9.59 Å². The molecule has 0 aromatic heterocycles. The molecule has 16 heavy (non-hydrogen) atoms. The molecule has 0 saturated carbocycles.